The predicted molar refractivity (Wildman–Crippen MR) is 52.9 cm³/mol. The van der Waals surface area contributed by atoms with Crippen LogP contribution in [0, 0.1) is 11.8 Å². The first-order valence-electron chi connectivity index (χ1n) is 5.38. The molecule has 80 valence electrons. The van der Waals surface area contributed by atoms with Crippen LogP contribution in [-0.2, 0) is 9.53 Å². The molecule has 1 N–H and O–H groups in total. The summed E-state index contributed by atoms with van der Waals surface area (Å²) in [6.45, 7) is 7.14. The molecule has 14 heavy (non-hydrogen) atoms. The molecule has 2 heterocycles. The van der Waals surface area contributed by atoms with Gasteiger partial charge in [0.25, 0.3) is 0 Å². The molecule has 0 radical (unpaired) electrons. The first kappa shape index (κ1) is 9.93. The van der Waals surface area contributed by atoms with E-state index in [0.29, 0.717) is 13.2 Å². The fraction of sp³-hybridized carbons (Fsp3) is 0.900. The highest BCUT2D eigenvalue weighted by Crippen LogP contribution is 2.25. The lowest BCUT2D eigenvalue weighted by Crippen LogP contribution is -2.31. The average Bonchev–Trinajstić information content (AvgIpc) is 2.63. The molecule has 2 saturated heterocycles. The number of esters is 1. The molecule has 0 amide bonds. The Labute approximate surface area is 84.6 Å². The van der Waals surface area contributed by atoms with Crippen molar-refractivity contribution in [1.82, 2.24) is 10.2 Å². The molecule has 0 unspecified atom stereocenters. The standard InChI is InChI=1S/C10H18N2O2/c1-2-14-10(13)7-12-5-8-3-11-4-9(8)6-12/h8-9,11H,2-7H2,1H3/t8-,9+. The van der Waals surface area contributed by atoms with Gasteiger partial charge in [0.1, 0.15) is 0 Å². The quantitative estimate of drug-likeness (QED) is 0.632. The highest BCUT2D eigenvalue weighted by Gasteiger charge is 2.36. The molecule has 2 fully saturated rings. The van der Waals surface area contributed by atoms with Crippen LogP contribution >= 0.6 is 0 Å². The van der Waals surface area contributed by atoms with Gasteiger partial charge in [-0.15, -0.1) is 0 Å². The lowest BCUT2D eigenvalue weighted by Gasteiger charge is -2.15. The maximum atomic E-state index is 11.2. The minimum atomic E-state index is -0.0829. The molecule has 0 aliphatic carbocycles. The molecular weight excluding hydrogens is 180 g/mol. The molecule has 0 aromatic rings. The van der Waals surface area contributed by atoms with Gasteiger partial charge in [-0.1, -0.05) is 0 Å². The summed E-state index contributed by atoms with van der Waals surface area (Å²) in [5.41, 5.74) is 0. The van der Waals surface area contributed by atoms with Crippen molar-refractivity contribution in [3.05, 3.63) is 0 Å². The number of likely N-dealkylation sites (tertiary alicyclic amines) is 1. The van der Waals surface area contributed by atoms with E-state index in [0.717, 1.165) is 38.0 Å². The van der Waals surface area contributed by atoms with Gasteiger partial charge in [0.05, 0.1) is 13.2 Å². The molecule has 0 saturated carbocycles. The summed E-state index contributed by atoms with van der Waals surface area (Å²) in [5, 5.41) is 3.38. The van der Waals surface area contributed by atoms with Crippen LogP contribution in [0.25, 0.3) is 0 Å². The highest BCUT2D eigenvalue weighted by atomic mass is 16.5. The molecule has 2 aliphatic rings. The summed E-state index contributed by atoms with van der Waals surface area (Å²) in [6.07, 6.45) is 0. The third-order valence-electron chi connectivity index (χ3n) is 3.12. The number of carbonyl (C=O) groups excluding carboxylic acids is 1. The number of carbonyl (C=O) groups is 1. The average molecular weight is 198 g/mol. The van der Waals surface area contributed by atoms with Gasteiger partial charge in [-0.05, 0) is 31.8 Å². The number of hydrogen-bond acceptors (Lipinski definition) is 4. The molecule has 2 atom stereocenters. The van der Waals surface area contributed by atoms with Gasteiger partial charge in [-0.3, -0.25) is 9.69 Å². The molecular formula is C10H18N2O2. The van der Waals surface area contributed by atoms with Gasteiger partial charge in [-0.2, -0.15) is 0 Å². The zero-order valence-corrected chi connectivity index (χ0v) is 8.66. The van der Waals surface area contributed by atoms with Crippen molar-refractivity contribution in [2.45, 2.75) is 6.92 Å². The Hall–Kier alpha value is -0.610. The summed E-state index contributed by atoms with van der Waals surface area (Å²) >= 11 is 0. The zero-order chi connectivity index (χ0) is 9.97. The van der Waals surface area contributed by atoms with Crippen molar-refractivity contribution in [1.29, 1.82) is 0 Å². The van der Waals surface area contributed by atoms with E-state index >= 15 is 0 Å². The Kier molecular flexibility index (Phi) is 3.03. The van der Waals surface area contributed by atoms with E-state index in [1.165, 1.54) is 0 Å². The summed E-state index contributed by atoms with van der Waals surface area (Å²) in [7, 11) is 0. The van der Waals surface area contributed by atoms with Crippen LogP contribution in [0.15, 0.2) is 0 Å². The first-order valence-corrected chi connectivity index (χ1v) is 5.38. The van der Waals surface area contributed by atoms with Crippen molar-refractivity contribution >= 4 is 5.97 Å². The Morgan fingerprint density at radius 3 is 2.64 bits per heavy atom. The third-order valence-corrected chi connectivity index (χ3v) is 3.12. The van der Waals surface area contributed by atoms with Crippen molar-refractivity contribution in [2.75, 3.05) is 39.3 Å². The van der Waals surface area contributed by atoms with Crippen LogP contribution in [0.2, 0.25) is 0 Å². The third kappa shape index (κ3) is 2.07. The topological polar surface area (TPSA) is 41.6 Å². The lowest BCUT2D eigenvalue weighted by atomic mass is 10.0. The van der Waals surface area contributed by atoms with Crippen LogP contribution in [0.5, 0.6) is 0 Å². The Morgan fingerprint density at radius 1 is 1.43 bits per heavy atom. The molecule has 2 aliphatic heterocycles. The number of ether oxygens (including phenoxy) is 1. The number of hydrogen-bond donors (Lipinski definition) is 1. The maximum absolute atomic E-state index is 11.2. The van der Waals surface area contributed by atoms with Gasteiger partial charge in [0.15, 0.2) is 0 Å². The minimum absolute atomic E-state index is 0.0829. The second kappa shape index (κ2) is 4.28. The summed E-state index contributed by atoms with van der Waals surface area (Å²) in [6, 6.07) is 0. The van der Waals surface area contributed by atoms with Crippen molar-refractivity contribution < 1.29 is 9.53 Å². The number of nitrogens with zero attached hydrogens (tertiary/aromatic N) is 1. The monoisotopic (exact) mass is 198 g/mol. The van der Waals surface area contributed by atoms with E-state index in [1.807, 2.05) is 6.92 Å². The van der Waals surface area contributed by atoms with Gasteiger partial charge >= 0.3 is 5.97 Å². The molecule has 4 nitrogen and oxygen atoms in total. The van der Waals surface area contributed by atoms with E-state index < -0.39 is 0 Å². The smallest absolute Gasteiger partial charge is 0.320 e. The molecule has 0 aromatic heterocycles. The van der Waals surface area contributed by atoms with Crippen LogP contribution in [0.1, 0.15) is 6.92 Å². The predicted octanol–water partition coefficient (Wildman–Crippen LogP) is -0.299. The molecule has 0 aromatic carbocycles. The van der Waals surface area contributed by atoms with E-state index in [9.17, 15) is 4.79 Å². The van der Waals surface area contributed by atoms with Crippen LogP contribution < -0.4 is 5.32 Å². The normalized spacial score (nSPS) is 31.8. The summed E-state index contributed by atoms with van der Waals surface area (Å²) in [4.78, 5) is 13.5. The largest absolute Gasteiger partial charge is 0.465 e. The molecule has 0 spiro atoms. The fourth-order valence-corrected chi connectivity index (χ4v) is 2.47. The van der Waals surface area contributed by atoms with Crippen LogP contribution in [-0.4, -0.2) is 50.2 Å². The van der Waals surface area contributed by atoms with Gasteiger partial charge in [-0.25, -0.2) is 0 Å². The van der Waals surface area contributed by atoms with Crippen molar-refractivity contribution in [3.8, 4) is 0 Å². The second-order valence-electron chi connectivity index (χ2n) is 4.18. The first-order chi connectivity index (χ1) is 6.79. The fourth-order valence-electron chi connectivity index (χ4n) is 2.47. The SMILES string of the molecule is CCOC(=O)CN1C[C@H]2CNC[C@H]2C1. The molecule has 0 bridgehead atoms. The van der Waals surface area contributed by atoms with E-state index in [4.69, 9.17) is 4.74 Å². The summed E-state index contributed by atoms with van der Waals surface area (Å²) in [5.74, 6) is 1.43. The highest BCUT2D eigenvalue weighted by molar-refractivity contribution is 5.71. The van der Waals surface area contributed by atoms with Gasteiger partial charge in [0.2, 0.25) is 0 Å². The van der Waals surface area contributed by atoms with E-state index in [2.05, 4.69) is 10.2 Å². The Bertz CT molecular complexity index is 208. The Morgan fingerprint density at radius 2 is 2.07 bits per heavy atom. The van der Waals surface area contributed by atoms with Crippen LogP contribution in [0.3, 0.4) is 0 Å². The van der Waals surface area contributed by atoms with E-state index in [-0.39, 0.29) is 5.97 Å². The van der Waals surface area contributed by atoms with Crippen molar-refractivity contribution in [3.63, 3.8) is 0 Å². The number of nitrogens with one attached hydrogen (secondary N) is 1. The van der Waals surface area contributed by atoms with Crippen molar-refractivity contribution in [2.24, 2.45) is 11.8 Å². The zero-order valence-electron chi connectivity index (χ0n) is 8.66. The Balaban J connectivity index is 1.76. The summed E-state index contributed by atoms with van der Waals surface area (Å²) < 4.78 is 4.93. The van der Waals surface area contributed by atoms with Crippen LogP contribution in [0.4, 0.5) is 0 Å². The van der Waals surface area contributed by atoms with E-state index in [1.54, 1.807) is 0 Å². The second-order valence-corrected chi connectivity index (χ2v) is 4.18. The molecule has 2 rings (SSSR count). The van der Waals surface area contributed by atoms with Gasteiger partial charge in [0, 0.05) is 13.1 Å². The maximum Gasteiger partial charge on any atom is 0.320 e. The number of rotatable bonds is 3. The number of fused-ring (bicyclic) bond motifs is 1. The minimum Gasteiger partial charge on any atom is -0.465 e. The lowest BCUT2D eigenvalue weighted by molar-refractivity contribution is -0.144. The molecule has 4 heteroatoms. The van der Waals surface area contributed by atoms with Gasteiger partial charge < -0.3 is 10.1 Å².